The molecule has 3 aromatic rings. The van der Waals surface area contributed by atoms with Crippen molar-refractivity contribution in [2.75, 3.05) is 18.5 Å². The highest BCUT2D eigenvalue weighted by Crippen LogP contribution is 2.44. The van der Waals surface area contributed by atoms with Crippen LogP contribution in [0.1, 0.15) is 40.0 Å². The van der Waals surface area contributed by atoms with Gasteiger partial charge < -0.3 is 25.8 Å². The summed E-state index contributed by atoms with van der Waals surface area (Å²) in [7, 11) is 0. The molecule has 1 atom stereocenters. The van der Waals surface area contributed by atoms with Crippen molar-refractivity contribution < 1.29 is 37.0 Å². The van der Waals surface area contributed by atoms with E-state index in [4.69, 9.17) is 15.2 Å². The van der Waals surface area contributed by atoms with E-state index in [-0.39, 0.29) is 35.9 Å². The second-order valence-corrected chi connectivity index (χ2v) is 9.34. The number of anilines is 1. The Hall–Kier alpha value is -4.62. The van der Waals surface area contributed by atoms with Gasteiger partial charge in [0.2, 0.25) is 11.8 Å². The van der Waals surface area contributed by atoms with Gasteiger partial charge in [-0.05, 0) is 30.7 Å². The van der Waals surface area contributed by atoms with E-state index in [1.165, 1.54) is 16.8 Å². The van der Waals surface area contributed by atoms with Gasteiger partial charge in [0.25, 0.3) is 5.91 Å². The fourth-order valence-corrected chi connectivity index (χ4v) is 4.69. The number of hydrogen-bond donors (Lipinski definition) is 3. The third-order valence-electron chi connectivity index (χ3n) is 6.37. The van der Waals surface area contributed by atoms with Crippen LogP contribution in [0.3, 0.4) is 0 Å². The molecule has 0 aliphatic carbocycles. The molecule has 2 aromatic heterocycles. The lowest BCUT2D eigenvalue weighted by Gasteiger charge is -2.41. The topological polar surface area (TPSA) is 150 Å². The Bertz CT molecular complexity index is 1470. The van der Waals surface area contributed by atoms with Crippen molar-refractivity contribution in [3.8, 4) is 17.3 Å². The van der Waals surface area contributed by atoms with Crippen LogP contribution in [0.4, 0.5) is 19.0 Å². The number of pyridine rings is 1. The SMILES string of the molecule is Cc1ccc(-n2nc3c(c2NC(=O)CC(N)=O)C(=O)N[C@@]2(CCOc4cc(OCC(F)(F)F)ccc42)C3)nc1. The number of nitrogens with one attached hydrogen (secondary N) is 2. The Kier molecular flexibility index (Phi) is 6.40. The fourth-order valence-electron chi connectivity index (χ4n) is 4.69. The van der Waals surface area contributed by atoms with Crippen LogP contribution in [0.15, 0.2) is 36.5 Å². The summed E-state index contributed by atoms with van der Waals surface area (Å²) in [6.45, 7) is 0.569. The third kappa shape index (κ3) is 5.22. The van der Waals surface area contributed by atoms with Crippen LogP contribution in [0, 0.1) is 6.92 Å². The second kappa shape index (κ2) is 9.60. The lowest BCUT2D eigenvalue weighted by molar-refractivity contribution is -0.153. The number of carbonyl (C=O) groups is 3. The summed E-state index contributed by atoms with van der Waals surface area (Å²) in [4.78, 5) is 41.6. The number of benzene rings is 1. The highest BCUT2D eigenvalue weighted by molar-refractivity contribution is 6.08. The number of alkyl halides is 3. The zero-order valence-electron chi connectivity index (χ0n) is 20.6. The molecule has 0 bridgehead atoms. The van der Waals surface area contributed by atoms with Crippen molar-refractivity contribution in [2.24, 2.45) is 5.73 Å². The fraction of sp³-hybridized carbons (Fsp3) is 0.320. The molecule has 0 saturated carbocycles. The first-order valence-electron chi connectivity index (χ1n) is 11.9. The number of primary amides is 1. The highest BCUT2D eigenvalue weighted by Gasteiger charge is 2.46. The Balaban J connectivity index is 1.54. The van der Waals surface area contributed by atoms with Gasteiger partial charge in [-0.2, -0.15) is 23.0 Å². The van der Waals surface area contributed by atoms with E-state index < -0.39 is 42.5 Å². The normalized spacial score (nSPS) is 18.0. The van der Waals surface area contributed by atoms with E-state index in [1.54, 1.807) is 24.4 Å². The first kappa shape index (κ1) is 26.0. The predicted octanol–water partition coefficient (Wildman–Crippen LogP) is 2.29. The summed E-state index contributed by atoms with van der Waals surface area (Å²) in [5.74, 6) is -1.52. The summed E-state index contributed by atoms with van der Waals surface area (Å²) < 4.78 is 49.7. The Labute approximate surface area is 219 Å². The van der Waals surface area contributed by atoms with Crippen molar-refractivity contribution in [3.05, 3.63) is 58.9 Å². The molecule has 2 aliphatic heterocycles. The lowest BCUT2D eigenvalue weighted by Crippen LogP contribution is -2.53. The van der Waals surface area contributed by atoms with E-state index in [1.807, 2.05) is 6.92 Å². The maximum absolute atomic E-state index is 13.6. The molecule has 204 valence electrons. The van der Waals surface area contributed by atoms with Crippen LogP contribution >= 0.6 is 0 Å². The third-order valence-corrected chi connectivity index (χ3v) is 6.37. The summed E-state index contributed by atoms with van der Waals surface area (Å²) >= 11 is 0. The number of aromatic nitrogens is 3. The monoisotopic (exact) mass is 544 g/mol. The highest BCUT2D eigenvalue weighted by atomic mass is 19.4. The number of amides is 3. The molecule has 1 spiro atoms. The first-order valence-corrected chi connectivity index (χ1v) is 11.9. The molecule has 1 aromatic carbocycles. The molecule has 3 amide bonds. The minimum Gasteiger partial charge on any atom is -0.493 e. The van der Waals surface area contributed by atoms with Crippen molar-refractivity contribution in [1.82, 2.24) is 20.1 Å². The maximum atomic E-state index is 13.6. The van der Waals surface area contributed by atoms with Crippen LogP contribution in [0.5, 0.6) is 11.5 Å². The molecule has 4 N–H and O–H groups in total. The predicted molar refractivity (Wildman–Crippen MR) is 129 cm³/mol. The molecule has 39 heavy (non-hydrogen) atoms. The molecular weight excluding hydrogens is 521 g/mol. The lowest BCUT2D eigenvalue weighted by atomic mass is 9.77. The van der Waals surface area contributed by atoms with Crippen LogP contribution < -0.4 is 25.8 Å². The van der Waals surface area contributed by atoms with E-state index in [0.717, 1.165) is 5.56 Å². The molecule has 0 fully saturated rings. The Morgan fingerprint density at radius 2 is 2.08 bits per heavy atom. The number of carbonyl (C=O) groups excluding carboxylic acids is 3. The van der Waals surface area contributed by atoms with Crippen LogP contribution in [0.2, 0.25) is 0 Å². The summed E-state index contributed by atoms with van der Waals surface area (Å²) in [5, 5.41) is 10.2. The number of aryl methyl sites for hydroxylation is 1. The molecular formula is C25H23F3N6O5. The van der Waals surface area contributed by atoms with Gasteiger partial charge in [-0.25, -0.2) is 4.98 Å². The number of rotatable bonds is 6. The summed E-state index contributed by atoms with van der Waals surface area (Å²) in [6.07, 6.45) is -2.96. The van der Waals surface area contributed by atoms with Crippen molar-refractivity contribution >= 4 is 23.5 Å². The minimum absolute atomic E-state index is 0.0277. The van der Waals surface area contributed by atoms with Gasteiger partial charge in [-0.15, -0.1) is 0 Å². The van der Waals surface area contributed by atoms with Gasteiger partial charge in [0.1, 0.15) is 23.5 Å². The van der Waals surface area contributed by atoms with Gasteiger partial charge >= 0.3 is 6.18 Å². The standard InChI is InChI=1S/C25H23F3N6O5/c1-13-2-5-19(30-11-13)34-22(31-20(36)9-18(29)35)21-16(33-34)10-24(32-23(21)37)6-7-38-17-8-14(3-4-15(17)24)39-12-25(26,27)28/h2-5,8,11H,6-7,9-10,12H2,1H3,(H2,29,35)(H,31,36)(H,32,37)/t24-/m0/s1. The molecule has 11 nitrogen and oxygen atoms in total. The summed E-state index contributed by atoms with van der Waals surface area (Å²) in [5.41, 5.74) is 6.05. The van der Waals surface area contributed by atoms with Crippen LogP contribution in [-0.4, -0.2) is 51.9 Å². The van der Waals surface area contributed by atoms with Crippen molar-refractivity contribution in [1.29, 1.82) is 0 Å². The molecule has 0 saturated heterocycles. The Morgan fingerprint density at radius 1 is 1.28 bits per heavy atom. The first-order chi connectivity index (χ1) is 18.4. The largest absolute Gasteiger partial charge is 0.493 e. The van der Waals surface area contributed by atoms with E-state index in [9.17, 15) is 27.6 Å². The zero-order valence-corrected chi connectivity index (χ0v) is 20.6. The van der Waals surface area contributed by atoms with Crippen molar-refractivity contribution in [3.63, 3.8) is 0 Å². The van der Waals surface area contributed by atoms with E-state index in [0.29, 0.717) is 23.5 Å². The van der Waals surface area contributed by atoms with E-state index in [2.05, 4.69) is 20.7 Å². The van der Waals surface area contributed by atoms with Crippen LogP contribution in [0.25, 0.3) is 5.82 Å². The molecule has 0 radical (unpaired) electrons. The number of halogens is 3. The van der Waals surface area contributed by atoms with Gasteiger partial charge in [-0.3, -0.25) is 14.4 Å². The average molecular weight is 544 g/mol. The maximum Gasteiger partial charge on any atom is 0.422 e. The average Bonchev–Trinajstić information content (AvgIpc) is 3.20. The number of ether oxygens (including phenoxy) is 2. The smallest absolute Gasteiger partial charge is 0.422 e. The zero-order chi connectivity index (χ0) is 27.9. The number of nitrogens with zero attached hydrogens (tertiary/aromatic N) is 3. The van der Waals surface area contributed by atoms with Gasteiger partial charge in [0, 0.05) is 30.7 Å². The molecule has 14 heteroatoms. The second-order valence-electron chi connectivity index (χ2n) is 9.34. The minimum atomic E-state index is -4.50. The van der Waals surface area contributed by atoms with Crippen molar-refractivity contribution in [2.45, 2.75) is 37.9 Å². The number of nitrogens with two attached hydrogens (primary N) is 1. The van der Waals surface area contributed by atoms with Crippen LogP contribution in [-0.2, 0) is 21.5 Å². The molecule has 5 rings (SSSR count). The molecule has 0 unspecified atom stereocenters. The van der Waals surface area contributed by atoms with Gasteiger partial charge in [0.15, 0.2) is 18.2 Å². The van der Waals surface area contributed by atoms with Gasteiger partial charge in [0.05, 0.1) is 17.8 Å². The summed E-state index contributed by atoms with van der Waals surface area (Å²) in [6, 6.07) is 7.74. The Morgan fingerprint density at radius 3 is 2.77 bits per heavy atom. The van der Waals surface area contributed by atoms with Gasteiger partial charge in [-0.1, -0.05) is 6.07 Å². The molecule has 4 heterocycles. The van der Waals surface area contributed by atoms with E-state index >= 15 is 0 Å². The quantitative estimate of drug-likeness (QED) is 0.403. The number of fused-ring (bicyclic) bond motifs is 3. The number of hydrogen-bond acceptors (Lipinski definition) is 7. The molecule has 2 aliphatic rings.